The van der Waals surface area contributed by atoms with E-state index in [1.54, 1.807) is 0 Å². The fourth-order valence-electron chi connectivity index (χ4n) is 3.92. The summed E-state index contributed by atoms with van der Waals surface area (Å²) in [5.74, 6) is 1.75. The normalized spacial score (nSPS) is 21.3. The van der Waals surface area contributed by atoms with Gasteiger partial charge in [0.15, 0.2) is 6.79 Å². The van der Waals surface area contributed by atoms with E-state index in [9.17, 15) is 0 Å². The molecule has 2 heteroatoms. The average molecular weight is 381 g/mol. The Hall–Kier alpha value is -0.500. The number of allylic oxidation sites excluding steroid dienone is 1. The Morgan fingerprint density at radius 2 is 1.30 bits per heavy atom. The molecule has 1 fully saturated rings. The van der Waals surface area contributed by atoms with Crippen LogP contribution in [0, 0.1) is 5.92 Å². The summed E-state index contributed by atoms with van der Waals surface area (Å²) in [6.07, 6.45) is 24.1. The molecular weight excluding hydrogens is 332 g/mol. The molecule has 1 aliphatic heterocycles. The highest BCUT2D eigenvalue weighted by Crippen LogP contribution is 2.34. The van der Waals surface area contributed by atoms with Crippen LogP contribution < -0.4 is 0 Å². The summed E-state index contributed by atoms with van der Waals surface area (Å²) in [5, 5.41) is 0. The van der Waals surface area contributed by atoms with Crippen LogP contribution in [-0.2, 0) is 9.47 Å². The van der Waals surface area contributed by atoms with Crippen molar-refractivity contribution in [2.45, 2.75) is 136 Å². The van der Waals surface area contributed by atoms with Crippen LogP contribution in [0.5, 0.6) is 0 Å². The monoisotopic (exact) mass is 380 g/mol. The van der Waals surface area contributed by atoms with Gasteiger partial charge in [0.25, 0.3) is 0 Å². The van der Waals surface area contributed by atoms with E-state index in [1.165, 1.54) is 89.9 Å². The first-order chi connectivity index (χ1) is 13.1. The molecule has 27 heavy (non-hydrogen) atoms. The van der Waals surface area contributed by atoms with E-state index in [2.05, 4.69) is 33.8 Å². The SMILES string of the molecule is CCCCCCCCCCCCCCCCC1(C)OCO/C1=C\CC(C)C. The van der Waals surface area contributed by atoms with Gasteiger partial charge in [0.2, 0.25) is 0 Å². The van der Waals surface area contributed by atoms with Gasteiger partial charge in [-0.2, -0.15) is 0 Å². The lowest BCUT2D eigenvalue weighted by atomic mass is 9.94. The highest BCUT2D eigenvalue weighted by Gasteiger charge is 2.36. The molecule has 0 amide bonds. The van der Waals surface area contributed by atoms with Gasteiger partial charge in [-0.1, -0.05) is 111 Å². The molecule has 1 aliphatic rings. The second-order valence-electron chi connectivity index (χ2n) is 9.18. The average Bonchev–Trinajstić information content (AvgIpc) is 3.01. The van der Waals surface area contributed by atoms with E-state index >= 15 is 0 Å². The van der Waals surface area contributed by atoms with Crippen LogP contribution in [0.25, 0.3) is 0 Å². The Labute approximate surface area is 170 Å². The molecule has 1 rings (SSSR count). The molecule has 0 saturated carbocycles. The predicted molar refractivity (Wildman–Crippen MR) is 118 cm³/mol. The molecule has 1 atom stereocenters. The van der Waals surface area contributed by atoms with Gasteiger partial charge >= 0.3 is 0 Å². The minimum atomic E-state index is -0.175. The second kappa shape index (κ2) is 15.4. The van der Waals surface area contributed by atoms with Crippen LogP contribution in [0.15, 0.2) is 11.8 Å². The maximum atomic E-state index is 5.91. The first-order valence-corrected chi connectivity index (χ1v) is 12.1. The summed E-state index contributed by atoms with van der Waals surface area (Å²) in [7, 11) is 0. The lowest BCUT2D eigenvalue weighted by molar-refractivity contribution is -0.00306. The number of ether oxygens (including phenoxy) is 2. The Bertz CT molecular complexity index is 375. The topological polar surface area (TPSA) is 18.5 Å². The molecule has 160 valence electrons. The second-order valence-corrected chi connectivity index (χ2v) is 9.18. The Morgan fingerprint density at radius 1 is 0.815 bits per heavy atom. The van der Waals surface area contributed by atoms with Gasteiger partial charge in [0.05, 0.1) is 0 Å². The van der Waals surface area contributed by atoms with Crippen LogP contribution in [0.1, 0.15) is 130 Å². The Kier molecular flexibility index (Phi) is 14.0. The summed E-state index contributed by atoms with van der Waals surface area (Å²) in [6.45, 7) is 9.42. The minimum Gasteiger partial charge on any atom is -0.469 e. The summed E-state index contributed by atoms with van der Waals surface area (Å²) in [5.41, 5.74) is -0.175. The van der Waals surface area contributed by atoms with Crippen molar-refractivity contribution in [1.29, 1.82) is 0 Å². The van der Waals surface area contributed by atoms with Crippen molar-refractivity contribution in [3.05, 3.63) is 11.8 Å². The molecule has 1 unspecified atom stereocenters. The maximum absolute atomic E-state index is 5.91. The summed E-state index contributed by atoms with van der Waals surface area (Å²) in [4.78, 5) is 0. The number of hydrogen-bond donors (Lipinski definition) is 0. The number of hydrogen-bond acceptors (Lipinski definition) is 2. The van der Waals surface area contributed by atoms with Crippen molar-refractivity contribution in [1.82, 2.24) is 0 Å². The molecule has 0 aromatic rings. The van der Waals surface area contributed by atoms with Gasteiger partial charge in [0.1, 0.15) is 11.4 Å². The Balaban J connectivity index is 1.94. The lowest BCUT2D eigenvalue weighted by Gasteiger charge is -2.22. The van der Waals surface area contributed by atoms with Crippen LogP contribution in [0.2, 0.25) is 0 Å². The van der Waals surface area contributed by atoms with Crippen molar-refractivity contribution in [3.8, 4) is 0 Å². The molecule has 0 bridgehead atoms. The van der Waals surface area contributed by atoms with Gasteiger partial charge in [-0.05, 0) is 31.8 Å². The zero-order valence-corrected chi connectivity index (χ0v) is 19.0. The molecule has 0 aromatic heterocycles. The minimum absolute atomic E-state index is 0.175. The van der Waals surface area contributed by atoms with Gasteiger partial charge in [-0.15, -0.1) is 0 Å². The lowest BCUT2D eigenvalue weighted by Crippen LogP contribution is -2.25. The van der Waals surface area contributed by atoms with E-state index in [4.69, 9.17) is 9.47 Å². The number of rotatable bonds is 17. The Morgan fingerprint density at radius 3 is 1.78 bits per heavy atom. The molecule has 1 heterocycles. The molecule has 0 spiro atoms. The summed E-state index contributed by atoms with van der Waals surface area (Å²) in [6, 6.07) is 0. The van der Waals surface area contributed by atoms with Crippen LogP contribution in [-0.4, -0.2) is 12.4 Å². The van der Waals surface area contributed by atoms with Crippen molar-refractivity contribution >= 4 is 0 Å². The molecule has 0 N–H and O–H groups in total. The fourth-order valence-corrected chi connectivity index (χ4v) is 3.92. The van der Waals surface area contributed by atoms with Crippen LogP contribution in [0.4, 0.5) is 0 Å². The third-order valence-corrected chi connectivity index (χ3v) is 5.90. The maximum Gasteiger partial charge on any atom is 0.189 e. The fraction of sp³-hybridized carbons (Fsp3) is 0.920. The van der Waals surface area contributed by atoms with E-state index < -0.39 is 0 Å². The first-order valence-electron chi connectivity index (χ1n) is 12.1. The summed E-state index contributed by atoms with van der Waals surface area (Å²) >= 11 is 0. The third-order valence-electron chi connectivity index (χ3n) is 5.90. The van der Waals surface area contributed by atoms with E-state index in [0.29, 0.717) is 12.7 Å². The van der Waals surface area contributed by atoms with Crippen molar-refractivity contribution in [2.75, 3.05) is 6.79 Å². The van der Waals surface area contributed by atoms with E-state index in [0.717, 1.165) is 18.6 Å². The van der Waals surface area contributed by atoms with E-state index in [1.807, 2.05) is 0 Å². The quantitative estimate of drug-likeness (QED) is 0.235. The molecule has 1 saturated heterocycles. The highest BCUT2D eigenvalue weighted by atomic mass is 16.7. The molecule has 0 radical (unpaired) electrons. The first kappa shape index (κ1) is 24.5. The molecule has 0 aliphatic carbocycles. The predicted octanol–water partition coefficient (Wildman–Crippen LogP) is 8.55. The van der Waals surface area contributed by atoms with Crippen molar-refractivity contribution in [3.63, 3.8) is 0 Å². The van der Waals surface area contributed by atoms with Gasteiger partial charge in [0, 0.05) is 0 Å². The van der Waals surface area contributed by atoms with Crippen LogP contribution in [0.3, 0.4) is 0 Å². The molecule has 0 aromatic carbocycles. The zero-order valence-electron chi connectivity index (χ0n) is 19.0. The van der Waals surface area contributed by atoms with Crippen molar-refractivity contribution < 1.29 is 9.47 Å². The third kappa shape index (κ3) is 11.8. The van der Waals surface area contributed by atoms with Gasteiger partial charge in [-0.3, -0.25) is 0 Å². The van der Waals surface area contributed by atoms with E-state index in [-0.39, 0.29) is 5.60 Å². The largest absolute Gasteiger partial charge is 0.469 e. The van der Waals surface area contributed by atoms with Crippen LogP contribution >= 0.6 is 0 Å². The zero-order chi connectivity index (χ0) is 19.8. The molecule has 2 nitrogen and oxygen atoms in total. The number of unbranched alkanes of at least 4 members (excludes halogenated alkanes) is 13. The smallest absolute Gasteiger partial charge is 0.189 e. The van der Waals surface area contributed by atoms with Crippen molar-refractivity contribution in [2.24, 2.45) is 5.92 Å². The highest BCUT2D eigenvalue weighted by molar-refractivity contribution is 5.11. The standard InChI is InChI=1S/C25H48O2/c1-5-6-7-8-9-10-11-12-13-14-15-16-17-18-21-25(4)24(26-22-27-25)20-19-23(2)3/h20,23H,5-19,21-22H2,1-4H3/b24-20-. The molecular formula is C25H48O2. The van der Waals surface area contributed by atoms with Gasteiger partial charge in [-0.25, -0.2) is 0 Å². The van der Waals surface area contributed by atoms with Gasteiger partial charge < -0.3 is 9.47 Å². The summed E-state index contributed by atoms with van der Waals surface area (Å²) < 4.78 is 11.6.